The van der Waals surface area contributed by atoms with Gasteiger partial charge < -0.3 is 11.5 Å². The van der Waals surface area contributed by atoms with Gasteiger partial charge in [0.25, 0.3) is 0 Å². The highest BCUT2D eigenvalue weighted by atomic mass is 32.2. The van der Waals surface area contributed by atoms with Crippen molar-refractivity contribution in [3.63, 3.8) is 0 Å². The highest BCUT2D eigenvalue weighted by Crippen LogP contribution is 2.17. The molecule has 0 amide bonds. The normalized spacial score (nSPS) is 13.9. The Labute approximate surface area is 95.1 Å². The molecule has 0 radical (unpaired) electrons. The maximum Gasteiger partial charge on any atom is 0.104 e. The van der Waals surface area contributed by atoms with Gasteiger partial charge in [0, 0.05) is 11.8 Å². The lowest BCUT2D eigenvalue weighted by Gasteiger charge is -2.06. The van der Waals surface area contributed by atoms with Crippen LogP contribution < -0.4 is 11.5 Å². The van der Waals surface area contributed by atoms with E-state index in [2.05, 4.69) is 16.5 Å². The summed E-state index contributed by atoms with van der Waals surface area (Å²) in [7, 11) is 0. The average Bonchev–Trinajstić information content (AvgIpc) is 2.17. The molecule has 0 saturated carbocycles. The smallest absolute Gasteiger partial charge is 0.104 e. The Morgan fingerprint density at radius 1 is 1.53 bits per heavy atom. The molecule has 0 saturated heterocycles. The number of hydrogen-bond donors (Lipinski definition) is 2. The third-order valence-corrected chi connectivity index (χ3v) is 2.80. The second-order valence-electron chi connectivity index (χ2n) is 3.54. The lowest BCUT2D eigenvalue weighted by atomic mass is 10.1. The lowest BCUT2D eigenvalue weighted by Crippen LogP contribution is -2.05. The summed E-state index contributed by atoms with van der Waals surface area (Å²) in [5.74, 6) is 1.43. The molecule has 0 fully saturated rings. The molecule has 0 aromatic heterocycles. The van der Waals surface area contributed by atoms with Crippen molar-refractivity contribution in [1.82, 2.24) is 0 Å². The fourth-order valence-electron chi connectivity index (χ4n) is 1.17. The summed E-state index contributed by atoms with van der Waals surface area (Å²) >= 11 is 1.46. The number of hydrogen-bond acceptors (Lipinski definition) is 3. The molecule has 4 heteroatoms. The molecule has 3 nitrogen and oxygen atoms in total. The van der Waals surface area contributed by atoms with Gasteiger partial charge in [0.15, 0.2) is 0 Å². The summed E-state index contributed by atoms with van der Waals surface area (Å²) in [6, 6.07) is 8.32. The van der Waals surface area contributed by atoms with Gasteiger partial charge in [-0.25, -0.2) is 4.40 Å². The largest absolute Gasteiger partial charge is 0.387 e. The van der Waals surface area contributed by atoms with E-state index >= 15 is 0 Å². The number of nitrogens with two attached hydrogens (primary N) is 2. The summed E-state index contributed by atoms with van der Waals surface area (Å²) in [5.41, 5.74) is 13.6. The molecule has 0 bridgehead atoms. The number of benzene rings is 1. The van der Waals surface area contributed by atoms with E-state index in [4.69, 9.17) is 11.5 Å². The standard InChI is InChI=1S/C11H17N3S/c1-8(12)11-5-3-4-10(6-11)7-15-14-9(2)13/h3-6,8H,7,12H2,1-2H3,(H2,13,14). The van der Waals surface area contributed by atoms with Crippen LogP contribution >= 0.6 is 11.9 Å². The average molecular weight is 223 g/mol. The Hall–Kier alpha value is -1.00. The zero-order valence-electron chi connectivity index (χ0n) is 9.10. The molecule has 1 unspecified atom stereocenters. The number of nitrogens with zero attached hydrogens (tertiary/aromatic N) is 1. The van der Waals surface area contributed by atoms with Crippen LogP contribution in [0.1, 0.15) is 31.0 Å². The maximum atomic E-state index is 5.81. The van der Waals surface area contributed by atoms with Gasteiger partial charge in [-0.05, 0) is 36.9 Å². The van der Waals surface area contributed by atoms with Gasteiger partial charge in [0.1, 0.15) is 5.84 Å². The topological polar surface area (TPSA) is 64.4 Å². The third kappa shape index (κ3) is 4.36. The van der Waals surface area contributed by atoms with Crippen molar-refractivity contribution < 1.29 is 0 Å². The van der Waals surface area contributed by atoms with Gasteiger partial charge in [0.2, 0.25) is 0 Å². The van der Waals surface area contributed by atoms with Crippen LogP contribution in [0, 0.1) is 0 Å². The van der Waals surface area contributed by atoms with Gasteiger partial charge in [-0.1, -0.05) is 24.3 Å². The first-order chi connectivity index (χ1) is 7.09. The Balaban J connectivity index is 2.62. The molecule has 0 aliphatic carbocycles. The second kappa shape index (κ2) is 5.78. The number of rotatable bonds is 4. The summed E-state index contributed by atoms with van der Waals surface area (Å²) in [6.45, 7) is 3.76. The van der Waals surface area contributed by atoms with Crippen molar-refractivity contribution in [2.45, 2.75) is 25.6 Å². The van der Waals surface area contributed by atoms with Crippen LogP contribution in [-0.4, -0.2) is 5.84 Å². The minimum absolute atomic E-state index is 0.0784. The molecule has 1 aromatic carbocycles. The molecule has 0 spiro atoms. The molecule has 0 aliphatic heterocycles. The van der Waals surface area contributed by atoms with Gasteiger partial charge in [-0.3, -0.25) is 0 Å². The minimum Gasteiger partial charge on any atom is -0.387 e. The Morgan fingerprint density at radius 3 is 2.87 bits per heavy atom. The highest BCUT2D eigenvalue weighted by Gasteiger charge is 2.00. The summed E-state index contributed by atoms with van der Waals surface area (Å²) < 4.78 is 4.07. The van der Waals surface area contributed by atoms with E-state index in [1.165, 1.54) is 17.5 Å². The Kier molecular flexibility index (Phi) is 4.65. The zero-order chi connectivity index (χ0) is 11.3. The third-order valence-electron chi connectivity index (χ3n) is 1.92. The van der Waals surface area contributed by atoms with E-state index in [0.717, 1.165) is 11.3 Å². The molecule has 0 heterocycles. The van der Waals surface area contributed by atoms with Crippen LogP contribution in [0.2, 0.25) is 0 Å². The summed E-state index contributed by atoms with van der Waals surface area (Å²) in [4.78, 5) is 0. The van der Waals surface area contributed by atoms with E-state index < -0.39 is 0 Å². The Morgan fingerprint density at radius 2 is 2.27 bits per heavy atom. The number of amidine groups is 1. The lowest BCUT2D eigenvalue weighted by molar-refractivity contribution is 0.817. The van der Waals surface area contributed by atoms with Gasteiger partial charge in [-0.2, -0.15) is 0 Å². The molecular weight excluding hydrogens is 206 g/mol. The van der Waals surface area contributed by atoms with E-state index in [1.807, 2.05) is 19.1 Å². The quantitative estimate of drug-likeness (QED) is 0.467. The first-order valence-electron chi connectivity index (χ1n) is 4.86. The van der Waals surface area contributed by atoms with Crippen molar-refractivity contribution in [2.75, 3.05) is 0 Å². The van der Waals surface area contributed by atoms with E-state index in [-0.39, 0.29) is 6.04 Å². The maximum absolute atomic E-state index is 5.81. The first-order valence-corrected chi connectivity index (χ1v) is 5.80. The van der Waals surface area contributed by atoms with Crippen LogP contribution in [0.15, 0.2) is 28.7 Å². The summed E-state index contributed by atoms with van der Waals surface area (Å²) in [6.07, 6.45) is 0. The van der Waals surface area contributed by atoms with Crippen LogP contribution in [-0.2, 0) is 5.75 Å². The van der Waals surface area contributed by atoms with Crippen molar-refractivity contribution in [2.24, 2.45) is 15.9 Å². The fraction of sp³-hybridized carbons (Fsp3) is 0.364. The van der Waals surface area contributed by atoms with Gasteiger partial charge in [0.05, 0.1) is 0 Å². The molecule has 0 aliphatic rings. The zero-order valence-corrected chi connectivity index (χ0v) is 9.92. The van der Waals surface area contributed by atoms with Crippen molar-refractivity contribution in [3.05, 3.63) is 35.4 Å². The van der Waals surface area contributed by atoms with Crippen LogP contribution in [0.25, 0.3) is 0 Å². The molecule has 82 valence electrons. The van der Waals surface area contributed by atoms with Gasteiger partial charge in [-0.15, -0.1) is 0 Å². The molecule has 15 heavy (non-hydrogen) atoms. The fourth-order valence-corrected chi connectivity index (χ4v) is 1.77. The van der Waals surface area contributed by atoms with Crippen molar-refractivity contribution >= 4 is 17.8 Å². The monoisotopic (exact) mass is 223 g/mol. The second-order valence-corrected chi connectivity index (χ2v) is 4.27. The summed E-state index contributed by atoms with van der Waals surface area (Å²) in [5, 5.41) is 0. The van der Waals surface area contributed by atoms with Crippen LogP contribution in [0.3, 0.4) is 0 Å². The van der Waals surface area contributed by atoms with Crippen molar-refractivity contribution in [1.29, 1.82) is 0 Å². The first kappa shape index (κ1) is 12.1. The van der Waals surface area contributed by atoms with E-state index in [1.54, 1.807) is 6.92 Å². The predicted octanol–water partition coefficient (Wildman–Crippen LogP) is 2.23. The SMILES string of the molecule is C/C(N)=N/SCc1cccc(C(C)N)c1. The Bertz CT molecular complexity index is 343. The molecule has 1 aromatic rings. The molecule has 1 rings (SSSR count). The van der Waals surface area contributed by atoms with Gasteiger partial charge >= 0.3 is 0 Å². The predicted molar refractivity (Wildman–Crippen MR) is 67.6 cm³/mol. The molecule has 4 N–H and O–H groups in total. The van der Waals surface area contributed by atoms with E-state index in [0.29, 0.717) is 5.84 Å². The van der Waals surface area contributed by atoms with Crippen molar-refractivity contribution in [3.8, 4) is 0 Å². The highest BCUT2D eigenvalue weighted by molar-refractivity contribution is 7.97. The molecule has 1 atom stereocenters. The van der Waals surface area contributed by atoms with Crippen LogP contribution in [0.4, 0.5) is 0 Å². The minimum atomic E-state index is 0.0784. The van der Waals surface area contributed by atoms with Crippen LogP contribution in [0.5, 0.6) is 0 Å². The van der Waals surface area contributed by atoms with E-state index in [9.17, 15) is 0 Å². The molecular formula is C11H17N3S.